The van der Waals surface area contributed by atoms with Crippen LogP contribution in [0.25, 0.3) is 0 Å². The van der Waals surface area contributed by atoms with E-state index in [9.17, 15) is 13.2 Å². The number of hydrogen-bond donors (Lipinski definition) is 0. The van der Waals surface area contributed by atoms with Crippen LogP contribution in [0.2, 0.25) is 5.02 Å². The van der Waals surface area contributed by atoms with E-state index in [1.54, 1.807) is 12.1 Å². The third kappa shape index (κ3) is 4.97. The molecule has 0 N–H and O–H groups in total. The second kappa shape index (κ2) is 9.45. The maximum Gasteiger partial charge on any atom is 0.252 e. The normalized spacial score (nSPS) is 22.8. The molecule has 2 unspecified atom stereocenters. The van der Waals surface area contributed by atoms with Crippen LogP contribution in [0.3, 0.4) is 0 Å². The molecule has 2 fully saturated rings. The third-order valence-electron chi connectivity index (χ3n) is 5.81. The Morgan fingerprint density at radius 1 is 1.09 bits per heavy atom. The number of sulfone groups is 1. The van der Waals surface area contributed by atoms with Gasteiger partial charge >= 0.3 is 0 Å². The molecular weight excluding hydrogens is 466 g/mol. The van der Waals surface area contributed by atoms with Gasteiger partial charge in [-0.3, -0.25) is 4.79 Å². The van der Waals surface area contributed by atoms with Crippen LogP contribution >= 0.6 is 23.4 Å². The lowest BCUT2D eigenvalue weighted by atomic mass is 10.1. The lowest BCUT2D eigenvalue weighted by Crippen LogP contribution is -2.37. The molecule has 2 aliphatic rings. The summed E-state index contributed by atoms with van der Waals surface area (Å²) in [6.45, 7) is 6.04. The Labute approximate surface area is 198 Å². The van der Waals surface area contributed by atoms with Crippen molar-refractivity contribution in [3.63, 3.8) is 0 Å². The van der Waals surface area contributed by atoms with Gasteiger partial charge in [-0.2, -0.15) is 4.99 Å². The van der Waals surface area contributed by atoms with Gasteiger partial charge in [0.05, 0.1) is 24.0 Å². The number of aliphatic imine (C=N–C) groups is 1. The van der Waals surface area contributed by atoms with Crippen molar-refractivity contribution in [2.45, 2.75) is 31.6 Å². The van der Waals surface area contributed by atoms with E-state index in [0.29, 0.717) is 10.2 Å². The summed E-state index contributed by atoms with van der Waals surface area (Å²) in [4.78, 5) is 21.3. The van der Waals surface area contributed by atoms with Gasteiger partial charge in [-0.1, -0.05) is 35.5 Å². The molecule has 0 aliphatic carbocycles. The van der Waals surface area contributed by atoms with Crippen molar-refractivity contribution in [3.8, 4) is 0 Å². The number of amidine groups is 1. The molecule has 0 aromatic heterocycles. The van der Waals surface area contributed by atoms with Crippen molar-refractivity contribution in [1.82, 2.24) is 0 Å². The number of halogens is 1. The summed E-state index contributed by atoms with van der Waals surface area (Å²) >= 11 is 7.32. The molecule has 2 aromatic rings. The van der Waals surface area contributed by atoms with E-state index >= 15 is 0 Å². The first kappa shape index (κ1) is 23.1. The van der Waals surface area contributed by atoms with E-state index in [1.807, 2.05) is 41.3 Å². The SMILES string of the molecule is CCN(CC)c1ccc(N2C(=NC(=O)Cc3ccc(Cl)cc3)SC3CS(=O)(=O)CC32)cc1. The first-order valence-corrected chi connectivity index (χ1v) is 13.7. The molecule has 4 rings (SSSR count). The van der Waals surface area contributed by atoms with Gasteiger partial charge in [0, 0.05) is 34.7 Å². The smallest absolute Gasteiger partial charge is 0.252 e. The molecule has 170 valence electrons. The topological polar surface area (TPSA) is 70.0 Å². The molecule has 0 spiro atoms. The highest BCUT2D eigenvalue weighted by Gasteiger charge is 2.49. The zero-order chi connectivity index (χ0) is 22.9. The van der Waals surface area contributed by atoms with Gasteiger partial charge in [-0.15, -0.1) is 0 Å². The zero-order valence-electron chi connectivity index (χ0n) is 18.1. The van der Waals surface area contributed by atoms with Gasteiger partial charge in [0.25, 0.3) is 5.91 Å². The van der Waals surface area contributed by atoms with E-state index in [4.69, 9.17) is 11.6 Å². The van der Waals surface area contributed by atoms with Crippen LogP contribution in [0, 0.1) is 0 Å². The quantitative estimate of drug-likeness (QED) is 0.607. The predicted octanol–water partition coefficient (Wildman–Crippen LogP) is 4.03. The average molecular weight is 492 g/mol. The number of amides is 1. The Morgan fingerprint density at radius 3 is 2.38 bits per heavy atom. The number of thioether (sulfide) groups is 1. The van der Waals surface area contributed by atoms with E-state index in [1.165, 1.54) is 11.8 Å². The Morgan fingerprint density at radius 2 is 1.75 bits per heavy atom. The summed E-state index contributed by atoms with van der Waals surface area (Å²) in [6, 6.07) is 15.0. The summed E-state index contributed by atoms with van der Waals surface area (Å²) < 4.78 is 24.6. The molecule has 2 saturated heterocycles. The lowest BCUT2D eigenvalue weighted by molar-refractivity contribution is -0.117. The second-order valence-electron chi connectivity index (χ2n) is 7.95. The van der Waals surface area contributed by atoms with Crippen molar-refractivity contribution in [1.29, 1.82) is 0 Å². The monoisotopic (exact) mass is 491 g/mol. The molecule has 0 saturated carbocycles. The van der Waals surface area contributed by atoms with Crippen molar-refractivity contribution in [3.05, 3.63) is 59.1 Å². The van der Waals surface area contributed by atoms with E-state index < -0.39 is 9.84 Å². The van der Waals surface area contributed by atoms with Crippen molar-refractivity contribution < 1.29 is 13.2 Å². The molecule has 32 heavy (non-hydrogen) atoms. The van der Waals surface area contributed by atoms with Crippen LogP contribution in [0.4, 0.5) is 11.4 Å². The van der Waals surface area contributed by atoms with Crippen LogP contribution in [0.5, 0.6) is 0 Å². The Bertz CT molecular complexity index is 1110. The highest BCUT2D eigenvalue weighted by atomic mass is 35.5. The van der Waals surface area contributed by atoms with Crippen LogP contribution in [0.1, 0.15) is 19.4 Å². The zero-order valence-corrected chi connectivity index (χ0v) is 20.5. The Kier molecular flexibility index (Phi) is 6.83. The molecule has 0 radical (unpaired) electrons. The first-order chi connectivity index (χ1) is 15.3. The predicted molar refractivity (Wildman–Crippen MR) is 134 cm³/mol. The highest BCUT2D eigenvalue weighted by molar-refractivity contribution is 8.16. The lowest BCUT2D eigenvalue weighted by Gasteiger charge is -2.26. The van der Waals surface area contributed by atoms with E-state index in [0.717, 1.165) is 30.0 Å². The van der Waals surface area contributed by atoms with Crippen LogP contribution < -0.4 is 9.80 Å². The number of nitrogens with zero attached hydrogens (tertiary/aromatic N) is 3. The number of anilines is 2. The van der Waals surface area contributed by atoms with Crippen LogP contribution in [-0.2, 0) is 21.1 Å². The summed E-state index contributed by atoms with van der Waals surface area (Å²) in [7, 11) is -3.10. The number of rotatable bonds is 6. The van der Waals surface area contributed by atoms with Gasteiger partial charge < -0.3 is 9.80 Å². The number of fused-ring (bicyclic) bond motifs is 1. The summed E-state index contributed by atoms with van der Waals surface area (Å²) in [5.41, 5.74) is 2.80. The summed E-state index contributed by atoms with van der Waals surface area (Å²) in [5.74, 6) is -0.0735. The first-order valence-electron chi connectivity index (χ1n) is 10.7. The van der Waals surface area contributed by atoms with Crippen LogP contribution in [0.15, 0.2) is 53.5 Å². The fourth-order valence-corrected chi connectivity index (χ4v) is 8.26. The number of hydrogen-bond acceptors (Lipinski definition) is 5. The molecule has 0 bridgehead atoms. The molecule has 2 aliphatic heterocycles. The Balaban J connectivity index is 1.62. The van der Waals surface area contributed by atoms with E-state index in [-0.39, 0.29) is 35.1 Å². The highest BCUT2D eigenvalue weighted by Crippen LogP contribution is 2.41. The van der Waals surface area contributed by atoms with Gasteiger partial charge in [-0.25, -0.2) is 8.42 Å². The van der Waals surface area contributed by atoms with Gasteiger partial charge in [0.15, 0.2) is 15.0 Å². The minimum absolute atomic E-state index is 0.0762. The minimum Gasteiger partial charge on any atom is -0.372 e. The fourth-order valence-electron chi connectivity index (χ4n) is 4.20. The molecular formula is C23H26ClN3O3S2. The Hall–Kier alpha value is -2.03. The van der Waals surface area contributed by atoms with Crippen molar-refractivity contribution >= 4 is 55.6 Å². The second-order valence-corrected chi connectivity index (χ2v) is 11.7. The molecule has 2 heterocycles. The van der Waals surface area contributed by atoms with Gasteiger partial charge in [0.1, 0.15) is 0 Å². The minimum atomic E-state index is -3.10. The van der Waals surface area contributed by atoms with Crippen LogP contribution in [-0.4, -0.2) is 55.4 Å². The molecule has 1 amide bonds. The summed E-state index contributed by atoms with van der Waals surface area (Å²) in [5, 5.41) is 1.07. The molecule has 6 nitrogen and oxygen atoms in total. The number of benzene rings is 2. The molecule has 2 aromatic carbocycles. The average Bonchev–Trinajstić information content (AvgIpc) is 3.22. The molecule has 2 atom stereocenters. The van der Waals surface area contributed by atoms with Gasteiger partial charge in [-0.05, 0) is 55.8 Å². The van der Waals surface area contributed by atoms with Gasteiger partial charge in [0.2, 0.25) is 0 Å². The maximum atomic E-state index is 12.7. The summed E-state index contributed by atoms with van der Waals surface area (Å²) in [6.07, 6.45) is 0.170. The maximum absolute atomic E-state index is 12.7. The van der Waals surface area contributed by atoms with Crippen molar-refractivity contribution in [2.75, 3.05) is 34.4 Å². The molecule has 9 heteroatoms. The fraction of sp³-hybridized carbons (Fsp3) is 0.391. The number of carbonyl (C=O) groups excluding carboxylic acids is 1. The third-order valence-corrected chi connectivity index (χ3v) is 9.27. The van der Waals surface area contributed by atoms with E-state index in [2.05, 4.69) is 23.7 Å². The van der Waals surface area contributed by atoms with Crippen molar-refractivity contribution in [2.24, 2.45) is 4.99 Å². The number of carbonyl (C=O) groups is 1. The standard InChI is InChI=1S/C23H26ClN3O3S2/c1-3-26(4-2)18-9-11-19(12-10-18)27-20-14-32(29,30)15-21(20)31-23(27)25-22(28)13-16-5-7-17(24)8-6-16/h5-12,20-21H,3-4,13-15H2,1-2H3. The largest absolute Gasteiger partial charge is 0.372 e.